The Labute approximate surface area is 114 Å². The van der Waals surface area contributed by atoms with Crippen molar-refractivity contribution in [2.75, 3.05) is 26.2 Å². The largest absolute Gasteiger partial charge is 0.480 e. The van der Waals surface area contributed by atoms with Gasteiger partial charge in [0, 0.05) is 13.0 Å². The van der Waals surface area contributed by atoms with Crippen molar-refractivity contribution in [1.29, 1.82) is 0 Å². The molecule has 0 aromatic heterocycles. The predicted molar refractivity (Wildman–Crippen MR) is 73.8 cm³/mol. The van der Waals surface area contributed by atoms with E-state index in [-0.39, 0.29) is 18.4 Å². The van der Waals surface area contributed by atoms with Gasteiger partial charge in [-0.25, -0.2) is 0 Å². The minimum absolute atomic E-state index is 0.0969. The van der Waals surface area contributed by atoms with Crippen LogP contribution >= 0.6 is 0 Å². The van der Waals surface area contributed by atoms with Gasteiger partial charge in [0.1, 0.15) is 6.54 Å². The Balaban J connectivity index is 2.49. The van der Waals surface area contributed by atoms with Gasteiger partial charge < -0.3 is 15.3 Å². The van der Waals surface area contributed by atoms with Gasteiger partial charge in [0.05, 0.1) is 0 Å². The van der Waals surface area contributed by atoms with Crippen LogP contribution in [0.1, 0.15) is 26.2 Å². The maximum Gasteiger partial charge on any atom is 0.323 e. The molecule has 2 N–H and O–H groups in total. The number of hydrogen-bond acceptors (Lipinski definition) is 3. The van der Waals surface area contributed by atoms with Crippen LogP contribution in [0.4, 0.5) is 0 Å². The van der Waals surface area contributed by atoms with Gasteiger partial charge in [-0.3, -0.25) is 9.59 Å². The van der Waals surface area contributed by atoms with Crippen LogP contribution in [0, 0.1) is 11.8 Å². The fraction of sp³-hybridized carbons (Fsp3) is 0.714. The van der Waals surface area contributed by atoms with E-state index in [9.17, 15) is 9.59 Å². The van der Waals surface area contributed by atoms with Crippen molar-refractivity contribution in [1.82, 2.24) is 10.2 Å². The molecule has 0 spiro atoms. The Morgan fingerprint density at radius 3 is 2.84 bits per heavy atom. The quantitative estimate of drug-likeness (QED) is 0.679. The highest BCUT2D eigenvalue weighted by Crippen LogP contribution is 2.23. The van der Waals surface area contributed by atoms with Crippen molar-refractivity contribution < 1.29 is 14.7 Å². The molecule has 1 amide bonds. The second-order valence-corrected chi connectivity index (χ2v) is 5.24. The summed E-state index contributed by atoms with van der Waals surface area (Å²) in [5, 5.41) is 12.1. The molecule has 0 aliphatic carbocycles. The van der Waals surface area contributed by atoms with E-state index in [2.05, 4.69) is 18.8 Å². The third-order valence-corrected chi connectivity index (χ3v) is 3.66. The molecule has 5 nitrogen and oxygen atoms in total. The molecule has 0 saturated carbocycles. The van der Waals surface area contributed by atoms with Gasteiger partial charge in [-0.05, 0) is 37.8 Å². The lowest BCUT2D eigenvalue weighted by Crippen LogP contribution is -2.39. The lowest BCUT2D eigenvalue weighted by atomic mass is 9.85. The first kappa shape index (κ1) is 15.7. The highest BCUT2D eigenvalue weighted by Gasteiger charge is 2.24. The van der Waals surface area contributed by atoms with Crippen molar-refractivity contribution >= 4 is 11.9 Å². The van der Waals surface area contributed by atoms with Crippen LogP contribution in [0.5, 0.6) is 0 Å². The van der Waals surface area contributed by atoms with Crippen molar-refractivity contribution in [3.8, 4) is 0 Å². The predicted octanol–water partition coefficient (Wildman–Crippen LogP) is 1.11. The molecule has 2 unspecified atom stereocenters. The number of rotatable bonds is 7. The normalized spacial score (nSPS) is 20.6. The van der Waals surface area contributed by atoms with Crippen LogP contribution in [0.15, 0.2) is 12.7 Å². The van der Waals surface area contributed by atoms with Gasteiger partial charge in [0.15, 0.2) is 0 Å². The first-order valence-corrected chi connectivity index (χ1v) is 6.85. The minimum Gasteiger partial charge on any atom is -0.480 e. The number of nitrogens with one attached hydrogen (secondary N) is 1. The summed E-state index contributed by atoms with van der Waals surface area (Å²) >= 11 is 0. The van der Waals surface area contributed by atoms with Crippen LogP contribution in [-0.2, 0) is 9.59 Å². The Morgan fingerprint density at radius 1 is 1.58 bits per heavy atom. The standard InChI is InChI=1S/C14H24N2O3/c1-3-7-16(10-14(18)19)13(17)8-11(2)12-5-4-6-15-9-12/h3,11-12,15H,1,4-10H2,2H3,(H,18,19). The second kappa shape index (κ2) is 7.94. The van der Waals surface area contributed by atoms with Crippen LogP contribution in [0.25, 0.3) is 0 Å². The molecule has 0 aromatic rings. The lowest BCUT2D eigenvalue weighted by Gasteiger charge is -2.29. The van der Waals surface area contributed by atoms with E-state index in [1.165, 1.54) is 4.90 Å². The molecular formula is C14H24N2O3. The van der Waals surface area contributed by atoms with Gasteiger partial charge in [-0.2, -0.15) is 0 Å². The molecule has 0 radical (unpaired) electrons. The Kier molecular flexibility index (Phi) is 6.56. The average molecular weight is 268 g/mol. The number of carboxylic acids is 1. The molecule has 5 heteroatoms. The number of carboxylic acid groups (broad SMARTS) is 1. The van der Waals surface area contributed by atoms with Crippen LogP contribution in [0.3, 0.4) is 0 Å². The highest BCUT2D eigenvalue weighted by atomic mass is 16.4. The number of carbonyl (C=O) groups excluding carboxylic acids is 1. The number of nitrogens with zero attached hydrogens (tertiary/aromatic N) is 1. The van der Waals surface area contributed by atoms with Crippen LogP contribution in [-0.4, -0.2) is 48.1 Å². The van der Waals surface area contributed by atoms with E-state index in [0.29, 0.717) is 18.9 Å². The van der Waals surface area contributed by atoms with Gasteiger partial charge in [-0.15, -0.1) is 6.58 Å². The Hall–Kier alpha value is -1.36. The van der Waals surface area contributed by atoms with E-state index in [4.69, 9.17) is 5.11 Å². The molecule has 1 saturated heterocycles. The molecule has 1 rings (SSSR count). The van der Waals surface area contributed by atoms with E-state index >= 15 is 0 Å². The monoisotopic (exact) mass is 268 g/mol. The molecule has 1 aliphatic rings. The van der Waals surface area contributed by atoms with E-state index in [1.807, 2.05) is 0 Å². The summed E-state index contributed by atoms with van der Waals surface area (Å²) in [5.41, 5.74) is 0. The van der Waals surface area contributed by atoms with Crippen molar-refractivity contribution in [3.63, 3.8) is 0 Å². The zero-order chi connectivity index (χ0) is 14.3. The van der Waals surface area contributed by atoms with Crippen molar-refractivity contribution in [2.24, 2.45) is 11.8 Å². The molecule has 1 aliphatic heterocycles. The van der Waals surface area contributed by atoms with Gasteiger partial charge >= 0.3 is 5.97 Å². The average Bonchev–Trinajstić information content (AvgIpc) is 2.38. The zero-order valence-corrected chi connectivity index (χ0v) is 11.6. The van der Waals surface area contributed by atoms with Gasteiger partial charge in [-0.1, -0.05) is 13.0 Å². The van der Waals surface area contributed by atoms with E-state index in [1.54, 1.807) is 6.08 Å². The number of amides is 1. The van der Waals surface area contributed by atoms with E-state index in [0.717, 1.165) is 25.9 Å². The third kappa shape index (κ3) is 5.42. The first-order chi connectivity index (χ1) is 9.04. The zero-order valence-electron chi connectivity index (χ0n) is 11.6. The topological polar surface area (TPSA) is 69.6 Å². The summed E-state index contributed by atoms with van der Waals surface area (Å²) in [6, 6.07) is 0. The summed E-state index contributed by atoms with van der Waals surface area (Å²) < 4.78 is 0. The summed E-state index contributed by atoms with van der Waals surface area (Å²) in [6.07, 6.45) is 4.26. The smallest absolute Gasteiger partial charge is 0.323 e. The fourth-order valence-corrected chi connectivity index (χ4v) is 2.51. The summed E-state index contributed by atoms with van der Waals surface area (Å²) in [7, 11) is 0. The Bertz CT molecular complexity index is 325. The first-order valence-electron chi connectivity index (χ1n) is 6.85. The van der Waals surface area contributed by atoms with Crippen molar-refractivity contribution in [3.05, 3.63) is 12.7 Å². The summed E-state index contributed by atoms with van der Waals surface area (Å²) in [4.78, 5) is 24.2. The van der Waals surface area contributed by atoms with Gasteiger partial charge in [0.25, 0.3) is 0 Å². The highest BCUT2D eigenvalue weighted by molar-refractivity contribution is 5.81. The fourth-order valence-electron chi connectivity index (χ4n) is 2.51. The van der Waals surface area contributed by atoms with E-state index < -0.39 is 5.97 Å². The summed E-state index contributed by atoms with van der Waals surface area (Å²) in [5.74, 6) is -0.294. The Morgan fingerprint density at radius 2 is 2.32 bits per heavy atom. The third-order valence-electron chi connectivity index (χ3n) is 3.66. The van der Waals surface area contributed by atoms with Crippen LogP contribution < -0.4 is 5.32 Å². The second-order valence-electron chi connectivity index (χ2n) is 5.24. The molecule has 19 heavy (non-hydrogen) atoms. The van der Waals surface area contributed by atoms with Crippen molar-refractivity contribution in [2.45, 2.75) is 26.2 Å². The summed E-state index contributed by atoms with van der Waals surface area (Å²) in [6.45, 7) is 7.68. The number of aliphatic carboxylic acids is 1. The molecule has 108 valence electrons. The van der Waals surface area contributed by atoms with Gasteiger partial charge in [0.2, 0.25) is 5.91 Å². The number of carbonyl (C=O) groups is 2. The molecular weight excluding hydrogens is 244 g/mol. The minimum atomic E-state index is -0.984. The van der Waals surface area contributed by atoms with Crippen LogP contribution in [0.2, 0.25) is 0 Å². The molecule has 0 bridgehead atoms. The lowest BCUT2D eigenvalue weighted by molar-refractivity contribution is -0.144. The maximum absolute atomic E-state index is 12.1. The molecule has 1 heterocycles. The molecule has 2 atom stereocenters. The molecule has 0 aromatic carbocycles. The molecule has 1 fully saturated rings. The SMILES string of the molecule is C=CCN(CC(=O)O)C(=O)CC(C)C1CCCNC1. The number of piperidine rings is 1. The maximum atomic E-state index is 12.1. The number of hydrogen-bond donors (Lipinski definition) is 2.